The lowest BCUT2D eigenvalue weighted by Crippen LogP contribution is -2.73. The summed E-state index contributed by atoms with van der Waals surface area (Å²) >= 11 is 0. The Morgan fingerprint density at radius 2 is 1.38 bits per heavy atom. The predicted octanol–water partition coefficient (Wildman–Crippen LogP) is -9.00. The Kier molecular flexibility index (Phi) is 14.2. The van der Waals surface area contributed by atoms with Gasteiger partial charge >= 0.3 is 0 Å². The van der Waals surface area contributed by atoms with Gasteiger partial charge in [0.05, 0.1) is 43.0 Å². The van der Waals surface area contributed by atoms with Crippen LogP contribution in [-0.4, -0.2) is 184 Å². The molecule has 0 bridgehead atoms. The minimum absolute atomic E-state index is 0.0215. The molecule has 1 saturated carbocycles. The molecule has 0 aromatic rings. The van der Waals surface area contributed by atoms with Gasteiger partial charge in [-0.25, -0.2) is 0 Å². The zero-order chi connectivity index (χ0) is 35.4. The van der Waals surface area contributed by atoms with Crippen LogP contribution in [0.2, 0.25) is 0 Å². The third kappa shape index (κ3) is 8.42. The Labute approximate surface area is 276 Å². The number of carbonyl (C=O) groups excluding carboxylic acids is 1. The molecule has 4 rings (SSSR count). The second-order valence-electron chi connectivity index (χ2n) is 12.6. The summed E-state index contributed by atoms with van der Waals surface area (Å²) in [6, 6.07) is -4.84. The fraction of sp³-hybridized carbons (Fsp3) is 0.963. The molecule has 20 N–H and O–H groups in total. The molecule has 1 aliphatic carbocycles. The van der Waals surface area contributed by atoms with Crippen molar-refractivity contribution in [3.8, 4) is 0 Å². The molecule has 280 valence electrons. The van der Waals surface area contributed by atoms with Crippen LogP contribution in [0.5, 0.6) is 0 Å². The van der Waals surface area contributed by atoms with Crippen molar-refractivity contribution in [1.82, 2.24) is 5.32 Å². The van der Waals surface area contributed by atoms with Crippen LogP contribution in [0.3, 0.4) is 0 Å². The molecule has 4 aliphatic rings. The maximum atomic E-state index is 12.7. The molecule has 0 spiro atoms. The maximum Gasteiger partial charge on any atom is 0.249 e. The normalized spacial score (nSPS) is 47.5. The molecular weight excluding hydrogens is 646 g/mol. The number of hydrogen-bond acceptors (Lipinski definition) is 20. The zero-order valence-corrected chi connectivity index (χ0v) is 26.4. The van der Waals surface area contributed by atoms with E-state index in [1.165, 1.54) is 0 Å². The van der Waals surface area contributed by atoms with E-state index in [9.17, 15) is 40.5 Å². The molecular formula is C27H53N7O14. The Morgan fingerprint density at radius 1 is 0.729 bits per heavy atom. The molecule has 21 nitrogen and oxygen atoms in total. The van der Waals surface area contributed by atoms with Crippen LogP contribution < -0.4 is 39.7 Å². The molecule has 3 aliphatic heterocycles. The summed E-state index contributed by atoms with van der Waals surface area (Å²) in [4.78, 5) is 12.7. The first kappa shape index (κ1) is 39.5. The summed E-state index contributed by atoms with van der Waals surface area (Å²) in [6.07, 6.45) is -20.0. The van der Waals surface area contributed by atoms with Crippen molar-refractivity contribution >= 4 is 5.91 Å². The minimum atomic E-state index is -1.80. The first-order valence-corrected chi connectivity index (χ1v) is 16.1. The van der Waals surface area contributed by atoms with Gasteiger partial charge in [0.2, 0.25) is 5.91 Å². The molecule has 4 fully saturated rings. The number of hydrogen-bond donors (Lipinski definition) is 14. The van der Waals surface area contributed by atoms with Gasteiger partial charge in [-0.15, -0.1) is 0 Å². The van der Waals surface area contributed by atoms with Crippen molar-refractivity contribution in [3.63, 3.8) is 0 Å². The Hall–Kier alpha value is -1.29. The van der Waals surface area contributed by atoms with E-state index in [0.29, 0.717) is 12.8 Å². The number of nitrogens with two attached hydrogens (primary N) is 6. The molecule has 0 aromatic heterocycles. The van der Waals surface area contributed by atoms with Crippen molar-refractivity contribution in [2.24, 2.45) is 34.4 Å². The lowest BCUT2D eigenvalue weighted by molar-refractivity contribution is -0.296. The molecule has 0 radical (unpaired) electrons. The van der Waals surface area contributed by atoms with Gasteiger partial charge in [0.1, 0.15) is 61.0 Å². The van der Waals surface area contributed by atoms with E-state index in [1.807, 2.05) is 0 Å². The molecule has 1 amide bonds. The number of rotatable bonds is 13. The molecule has 1 unspecified atom stereocenters. The van der Waals surface area contributed by atoms with E-state index in [0.717, 1.165) is 0 Å². The van der Waals surface area contributed by atoms with Gasteiger partial charge in [-0.1, -0.05) is 0 Å². The lowest BCUT2D eigenvalue weighted by Gasteiger charge is -2.48. The standard InChI is InChI=1S/C27H53N7O14/c28-4-3-10(36)24(42)34-15-17(38)13(32)22(47-25-9(31)2-1-8(5-29)43-25)23(19(15)40)48-27-20(41)21(12(7-35)45-27)46-26-14(33)18(39)16(37)11(6-30)44-26/h8-23,25-27,35-41H,1-7,28-33H2,(H,34,42)/t8-,9+,10?,11-,12+,13-,14+,15+,16+,17-,18+,19-,20+,21+,22+,23+,25+,26+,27-/m0/s1. The number of carbonyl (C=O) groups is 1. The summed E-state index contributed by atoms with van der Waals surface area (Å²) in [5.41, 5.74) is 35.5. The van der Waals surface area contributed by atoms with Crippen molar-refractivity contribution in [3.05, 3.63) is 0 Å². The largest absolute Gasteiger partial charge is 0.394 e. The quantitative estimate of drug-likeness (QED) is 0.0848. The summed E-state index contributed by atoms with van der Waals surface area (Å²) in [5.74, 6) is -0.949. The molecule has 48 heavy (non-hydrogen) atoms. The molecule has 19 atom stereocenters. The van der Waals surface area contributed by atoms with E-state index in [2.05, 4.69) is 5.32 Å². The van der Waals surface area contributed by atoms with Crippen LogP contribution in [0.25, 0.3) is 0 Å². The van der Waals surface area contributed by atoms with Crippen LogP contribution in [0.15, 0.2) is 0 Å². The monoisotopic (exact) mass is 699 g/mol. The second kappa shape index (κ2) is 17.3. The van der Waals surface area contributed by atoms with Crippen molar-refractivity contribution < 1.29 is 69.0 Å². The molecule has 21 heteroatoms. The van der Waals surface area contributed by atoms with Crippen molar-refractivity contribution in [2.45, 2.75) is 136 Å². The van der Waals surface area contributed by atoms with Crippen LogP contribution >= 0.6 is 0 Å². The van der Waals surface area contributed by atoms with Crippen LogP contribution in [0.4, 0.5) is 0 Å². The highest BCUT2D eigenvalue weighted by Crippen LogP contribution is 2.34. The number of aliphatic hydroxyl groups excluding tert-OH is 7. The van der Waals surface area contributed by atoms with Crippen molar-refractivity contribution in [1.29, 1.82) is 0 Å². The van der Waals surface area contributed by atoms with E-state index >= 15 is 0 Å². The fourth-order valence-corrected chi connectivity index (χ4v) is 6.35. The van der Waals surface area contributed by atoms with Crippen LogP contribution in [-0.2, 0) is 33.2 Å². The number of amides is 1. The average molecular weight is 700 g/mol. The van der Waals surface area contributed by atoms with Gasteiger partial charge in [-0.3, -0.25) is 4.79 Å². The summed E-state index contributed by atoms with van der Waals surface area (Å²) < 4.78 is 35.2. The van der Waals surface area contributed by atoms with E-state index in [-0.39, 0.29) is 26.1 Å². The Morgan fingerprint density at radius 3 is 2.00 bits per heavy atom. The maximum absolute atomic E-state index is 12.7. The summed E-state index contributed by atoms with van der Waals surface area (Å²) in [6.45, 7) is -0.760. The Balaban J connectivity index is 1.58. The zero-order valence-electron chi connectivity index (χ0n) is 26.4. The van der Waals surface area contributed by atoms with Gasteiger partial charge in [-0.2, -0.15) is 0 Å². The number of nitrogens with one attached hydrogen (secondary N) is 1. The average Bonchev–Trinajstić information content (AvgIpc) is 3.37. The summed E-state index contributed by atoms with van der Waals surface area (Å²) in [7, 11) is 0. The van der Waals surface area contributed by atoms with Gasteiger partial charge in [0.25, 0.3) is 0 Å². The lowest BCUT2D eigenvalue weighted by atomic mass is 9.81. The van der Waals surface area contributed by atoms with E-state index in [4.69, 9.17) is 62.8 Å². The Bertz CT molecular complexity index is 1030. The fourth-order valence-electron chi connectivity index (χ4n) is 6.35. The van der Waals surface area contributed by atoms with E-state index in [1.54, 1.807) is 0 Å². The summed E-state index contributed by atoms with van der Waals surface area (Å²) in [5, 5.41) is 77.1. The minimum Gasteiger partial charge on any atom is -0.394 e. The van der Waals surface area contributed by atoms with Crippen LogP contribution in [0, 0.1) is 0 Å². The number of ether oxygens (including phenoxy) is 6. The smallest absolute Gasteiger partial charge is 0.249 e. The van der Waals surface area contributed by atoms with Crippen LogP contribution in [0.1, 0.15) is 19.3 Å². The highest BCUT2D eigenvalue weighted by Gasteiger charge is 2.56. The highest BCUT2D eigenvalue weighted by molar-refractivity contribution is 5.80. The van der Waals surface area contributed by atoms with E-state index < -0.39 is 129 Å². The first-order chi connectivity index (χ1) is 22.8. The third-order valence-corrected chi connectivity index (χ3v) is 9.31. The molecule has 3 heterocycles. The van der Waals surface area contributed by atoms with Gasteiger partial charge in [0, 0.05) is 13.1 Å². The third-order valence-electron chi connectivity index (χ3n) is 9.31. The van der Waals surface area contributed by atoms with Gasteiger partial charge < -0.3 is 104 Å². The van der Waals surface area contributed by atoms with Crippen molar-refractivity contribution in [2.75, 3.05) is 26.2 Å². The van der Waals surface area contributed by atoms with Gasteiger partial charge in [0.15, 0.2) is 18.9 Å². The topological polar surface area (TPSA) is 382 Å². The molecule has 0 aromatic carbocycles. The highest BCUT2D eigenvalue weighted by atomic mass is 16.8. The molecule has 3 saturated heterocycles. The number of aliphatic hydroxyl groups is 7. The van der Waals surface area contributed by atoms with Gasteiger partial charge in [-0.05, 0) is 25.8 Å². The predicted molar refractivity (Wildman–Crippen MR) is 161 cm³/mol. The SMILES string of the molecule is NCCC(O)C(=O)N[C@@H]1[C@@H](O)[C@H](N)[C@@H](O[C@H]2O[C@H](CN)CC[C@H]2N)[C@H](O[C@@H]2O[C@H](CO)[C@@H](O[C@H]3O[C@@H](CN)[C@@H](O)[C@H](O)[C@H]3N)[C@H]2O)[C@H]1O. The first-order valence-electron chi connectivity index (χ1n) is 16.1. The second-order valence-corrected chi connectivity index (χ2v) is 12.6.